The highest BCUT2D eigenvalue weighted by molar-refractivity contribution is 6.33. The van der Waals surface area contributed by atoms with Crippen LogP contribution in [0.3, 0.4) is 0 Å². The molecule has 0 saturated heterocycles. The molecular weight excluding hydrogens is 380 g/mol. The number of nitrogens with zero attached hydrogens (tertiary/aromatic N) is 1. The van der Waals surface area contributed by atoms with Gasteiger partial charge in [-0.05, 0) is 88.6 Å². The summed E-state index contributed by atoms with van der Waals surface area (Å²) in [7, 11) is 2.16. The summed E-state index contributed by atoms with van der Waals surface area (Å²) in [6.07, 6.45) is 11.3. The molecule has 1 N–H and O–H groups in total. The van der Waals surface area contributed by atoms with E-state index < -0.39 is 0 Å². The second-order valence-corrected chi connectivity index (χ2v) is 9.94. The summed E-state index contributed by atoms with van der Waals surface area (Å²) in [4.78, 5) is 15.2. The van der Waals surface area contributed by atoms with Crippen molar-refractivity contribution in [1.82, 2.24) is 10.2 Å². The van der Waals surface area contributed by atoms with Crippen molar-refractivity contribution in [1.29, 1.82) is 0 Å². The summed E-state index contributed by atoms with van der Waals surface area (Å²) in [5.41, 5.74) is 2.17. The third kappa shape index (κ3) is 6.46. The minimum Gasteiger partial charge on any atom is -0.351 e. The maximum absolute atomic E-state index is 12.9. The van der Waals surface area contributed by atoms with Crippen LogP contribution < -0.4 is 5.32 Å². The quantitative estimate of drug-likeness (QED) is 0.558. The lowest BCUT2D eigenvalue weighted by Gasteiger charge is -2.45. The van der Waals surface area contributed by atoms with Crippen LogP contribution in [0.1, 0.15) is 81.1 Å². The highest BCUT2D eigenvalue weighted by Gasteiger charge is 2.39. The van der Waals surface area contributed by atoms with Gasteiger partial charge in [-0.3, -0.25) is 4.79 Å². The van der Waals surface area contributed by atoms with Crippen LogP contribution in [0.15, 0.2) is 18.2 Å². The number of nitrogens with one attached hydrogen (secondary N) is 1. The number of amides is 1. The lowest BCUT2D eigenvalue weighted by atomic mass is 9.62. The fraction of sp³-hybridized carbons (Fsp3) is 0.680. The Bertz CT molecular complexity index is 663. The van der Waals surface area contributed by atoms with Gasteiger partial charge in [0.2, 0.25) is 0 Å². The molecule has 3 rings (SSSR count). The molecule has 1 aromatic carbocycles. The lowest BCUT2D eigenvalue weighted by Crippen LogP contribution is -2.43. The van der Waals surface area contributed by atoms with E-state index in [9.17, 15) is 4.79 Å². The van der Waals surface area contributed by atoms with Crippen LogP contribution in [-0.4, -0.2) is 37.0 Å². The number of carbonyl (C=O) groups excluding carboxylic acids is 1. The van der Waals surface area contributed by atoms with E-state index in [2.05, 4.69) is 37.2 Å². The molecule has 0 heterocycles. The number of fused-ring (bicyclic) bond motifs is 2. The van der Waals surface area contributed by atoms with Crippen molar-refractivity contribution in [2.45, 2.75) is 77.7 Å². The molecule has 3 nitrogen and oxygen atoms in total. The molecule has 2 aliphatic carbocycles. The van der Waals surface area contributed by atoms with Crippen molar-refractivity contribution in [3.63, 3.8) is 0 Å². The second-order valence-electron chi connectivity index (χ2n) is 9.53. The van der Waals surface area contributed by atoms with E-state index in [0.717, 1.165) is 31.8 Å². The normalized spacial score (nSPS) is 23.7. The first-order valence-corrected chi connectivity index (χ1v) is 11.5. The minimum absolute atomic E-state index is 0. The van der Waals surface area contributed by atoms with Gasteiger partial charge in [-0.1, -0.05) is 50.8 Å². The standard InChI is InChI=1S/C24H37ClN2O.CH2/c1-18(2)27(3)14-6-9-19-10-11-22(25)21(15-19)23(28)26-17-24-12-4-7-20(16-24)8-5-13-24;/h10-11,15,18,20H,4-9,12-14,16-17H2,1-3H3,(H,26,28);1H2. The van der Waals surface area contributed by atoms with E-state index in [-0.39, 0.29) is 13.3 Å². The number of aryl methyl sites for hydroxylation is 1. The van der Waals surface area contributed by atoms with Crippen LogP contribution in [0.2, 0.25) is 5.02 Å². The zero-order valence-corrected chi connectivity index (χ0v) is 19.4. The topological polar surface area (TPSA) is 32.3 Å². The third-order valence-electron chi connectivity index (χ3n) is 7.12. The maximum Gasteiger partial charge on any atom is 0.252 e. The van der Waals surface area contributed by atoms with Crippen molar-refractivity contribution in [3.05, 3.63) is 41.8 Å². The van der Waals surface area contributed by atoms with Gasteiger partial charge in [0.1, 0.15) is 0 Å². The largest absolute Gasteiger partial charge is 0.351 e. The van der Waals surface area contributed by atoms with Gasteiger partial charge in [0.15, 0.2) is 0 Å². The van der Waals surface area contributed by atoms with Gasteiger partial charge in [-0.15, -0.1) is 0 Å². The average Bonchev–Trinajstić information content (AvgIpc) is 2.67. The molecule has 162 valence electrons. The average molecular weight is 419 g/mol. The Balaban J connectivity index is 0.00000300. The maximum atomic E-state index is 12.9. The zero-order chi connectivity index (χ0) is 20.1. The number of hydrogen-bond acceptors (Lipinski definition) is 2. The molecule has 2 aliphatic rings. The smallest absolute Gasteiger partial charge is 0.252 e. The fourth-order valence-electron chi connectivity index (χ4n) is 5.13. The number of rotatable bonds is 8. The minimum atomic E-state index is -0.00628. The Hall–Kier alpha value is -1.06. The van der Waals surface area contributed by atoms with E-state index in [1.165, 1.54) is 50.5 Å². The molecule has 2 fully saturated rings. The predicted molar refractivity (Wildman–Crippen MR) is 123 cm³/mol. The molecule has 0 spiro atoms. The first-order chi connectivity index (χ1) is 13.4. The summed E-state index contributed by atoms with van der Waals surface area (Å²) in [5.74, 6) is 0.878. The molecule has 2 saturated carbocycles. The van der Waals surface area contributed by atoms with Crippen molar-refractivity contribution in [3.8, 4) is 0 Å². The van der Waals surface area contributed by atoms with E-state index in [1.54, 1.807) is 0 Å². The van der Waals surface area contributed by atoms with Crippen LogP contribution in [0.5, 0.6) is 0 Å². The lowest BCUT2D eigenvalue weighted by molar-refractivity contribution is 0.0681. The van der Waals surface area contributed by atoms with Gasteiger partial charge in [0, 0.05) is 12.6 Å². The number of hydrogen-bond donors (Lipinski definition) is 1. The van der Waals surface area contributed by atoms with Gasteiger partial charge >= 0.3 is 0 Å². The Labute approximate surface area is 183 Å². The summed E-state index contributed by atoms with van der Waals surface area (Å²) in [5, 5.41) is 3.80. The summed E-state index contributed by atoms with van der Waals surface area (Å²) in [6, 6.07) is 6.49. The second kappa shape index (κ2) is 10.8. The summed E-state index contributed by atoms with van der Waals surface area (Å²) < 4.78 is 0. The highest BCUT2D eigenvalue weighted by atomic mass is 35.5. The fourth-order valence-corrected chi connectivity index (χ4v) is 5.33. The van der Waals surface area contributed by atoms with Crippen LogP contribution in [0, 0.1) is 18.8 Å². The third-order valence-corrected chi connectivity index (χ3v) is 7.45. The van der Waals surface area contributed by atoms with Gasteiger partial charge < -0.3 is 10.2 Å². The summed E-state index contributed by atoms with van der Waals surface area (Å²) >= 11 is 6.37. The Morgan fingerprint density at radius 3 is 2.62 bits per heavy atom. The number of carbonyl (C=O) groups is 1. The van der Waals surface area contributed by atoms with Crippen LogP contribution in [0.25, 0.3) is 0 Å². The van der Waals surface area contributed by atoms with E-state index in [4.69, 9.17) is 11.6 Å². The van der Waals surface area contributed by atoms with E-state index >= 15 is 0 Å². The Morgan fingerprint density at radius 1 is 1.28 bits per heavy atom. The molecule has 2 radical (unpaired) electrons. The monoisotopic (exact) mass is 418 g/mol. The SMILES string of the molecule is CC(C)N(C)CCCc1ccc(Cl)c(C(=O)NCC23CCCC(CCC2)C3)c1.[CH2]. The molecule has 2 bridgehead atoms. The zero-order valence-electron chi connectivity index (χ0n) is 18.6. The Kier molecular flexibility index (Phi) is 9.03. The van der Waals surface area contributed by atoms with E-state index in [0.29, 0.717) is 22.0 Å². The van der Waals surface area contributed by atoms with Gasteiger partial charge in [-0.2, -0.15) is 0 Å². The van der Waals surface area contributed by atoms with Crippen LogP contribution in [-0.2, 0) is 6.42 Å². The number of benzene rings is 1. The first-order valence-electron chi connectivity index (χ1n) is 11.2. The van der Waals surface area contributed by atoms with Gasteiger partial charge in [-0.25, -0.2) is 0 Å². The molecule has 0 unspecified atom stereocenters. The molecule has 29 heavy (non-hydrogen) atoms. The molecule has 4 heteroatoms. The van der Waals surface area contributed by atoms with Crippen LogP contribution >= 0.6 is 11.6 Å². The predicted octanol–water partition coefficient (Wildman–Crippen LogP) is 6.03. The van der Waals surface area contributed by atoms with Crippen molar-refractivity contribution < 1.29 is 4.79 Å². The molecule has 0 aromatic heterocycles. The van der Waals surface area contributed by atoms with Crippen LogP contribution in [0.4, 0.5) is 0 Å². The van der Waals surface area contributed by atoms with Gasteiger partial charge in [0.25, 0.3) is 5.91 Å². The van der Waals surface area contributed by atoms with Crippen molar-refractivity contribution in [2.24, 2.45) is 11.3 Å². The molecule has 1 amide bonds. The highest BCUT2D eigenvalue weighted by Crippen LogP contribution is 2.48. The first kappa shape index (κ1) is 24.2. The Morgan fingerprint density at radius 2 is 1.97 bits per heavy atom. The molecular formula is C25H39ClN2O. The molecule has 1 aromatic rings. The van der Waals surface area contributed by atoms with Crippen molar-refractivity contribution in [2.75, 3.05) is 20.1 Å². The molecule has 0 atom stereocenters. The van der Waals surface area contributed by atoms with E-state index in [1.807, 2.05) is 12.1 Å². The van der Waals surface area contributed by atoms with Gasteiger partial charge in [0.05, 0.1) is 10.6 Å². The summed E-state index contributed by atoms with van der Waals surface area (Å²) in [6.45, 7) is 6.30. The molecule has 0 aliphatic heterocycles. The number of halogens is 1. The van der Waals surface area contributed by atoms with Crippen molar-refractivity contribution >= 4 is 17.5 Å².